The summed E-state index contributed by atoms with van der Waals surface area (Å²) in [6.45, 7) is -2.48. The Bertz CT molecular complexity index is 988. The molecule has 1 aromatic heterocycles. The van der Waals surface area contributed by atoms with Crippen molar-refractivity contribution in [3.8, 4) is 5.88 Å². The van der Waals surface area contributed by atoms with Gasteiger partial charge in [0.2, 0.25) is 11.8 Å². The lowest BCUT2D eigenvalue weighted by Crippen LogP contribution is -2.43. The molecule has 0 spiro atoms. The summed E-state index contributed by atoms with van der Waals surface area (Å²) in [6, 6.07) is 5.82. The van der Waals surface area contributed by atoms with Crippen LogP contribution in [0.15, 0.2) is 24.3 Å². The fourth-order valence-electron chi connectivity index (χ4n) is 3.33. The lowest BCUT2D eigenvalue weighted by Gasteiger charge is -2.19. The SMILES string of the molecule is COc1nc2ccccc2nc1C(=O)NCCCC[C@H](N)C(=O)N1CC(F)(F)C(F)(F)C1. The van der Waals surface area contributed by atoms with Crippen molar-refractivity contribution < 1.29 is 31.9 Å². The van der Waals surface area contributed by atoms with Gasteiger partial charge in [-0.2, -0.15) is 17.6 Å². The fraction of sp³-hybridized carbons (Fsp3) is 0.500. The number of carbonyl (C=O) groups is 2. The Balaban J connectivity index is 1.46. The van der Waals surface area contributed by atoms with Gasteiger partial charge in [-0.3, -0.25) is 9.59 Å². The van der Waals surface area contributed by atoms with Crippen LogP contribution in [0.2, 0.25) is 0 Å². The van der Waals surface area contributed by atoms with Gasteiger partial charge < -0.3 is 20.7 Å². The van der Waals surface area contributed by atoms with Gasteiger partial charge >= 0.3 is 11.8 Å². The van der Waals surface area contributed by atoms with Crippen LogP contribution in [0.5, 0.6) is 5.88 Å². The minimum atomic E-state index is -4.26. The monoisotopic (exact) mass is 457 g/mol. The number of benzene rings is 1. The number of nitrogens with zero attached hydrogens (tertiary/aromatic N) is 3. The summed E-state index contributed by atoms with van der Waals surface area (Å²) in [5.74, 6) is -9.89. The third-order valence-electron chi connectivity index (χ3n) is 5.12. The Labute approximate surface area is 181 Å². The lowest BCUT2D eigenvalue weighted by atomic mass is 10.1. The molecule has 1 aromatic carbocycles. The summed E-state index contributed by atoms with van der Waals surface area (Å²) >= 11 is 0. The number of unbranched alkanes of at least 4 members (excludes halogenated alkanes) is 1. The van der Waals surface area contributed by atoms with Gasteiger partial charge in [-0.05, 0) is 31.4 Å². The van der Waals surface area contributed by atoms with Crippen molar-refractivity contribution in [2.24, 2.45) is 5.73 Å². The summed E-state index contributed by atoms with van der Waals surface area (Å²) in [4.78, 5) is 33.5. The number of alkyl halides is 4. The molecule has 2 heterocycles. The zero-order valence-corrected chi connectivity index (χ0v) is 17.3. The molecule has 0 saturated carbocycles. The Kier molecular flexibility index (Phi) is 6.82. The summed E-state index contributed by atoms with van der Waals surface area (Å²) in [5.41, 5.74) is 6.82. The van der Waals surface area contributed by atoms with Crippen molar-refractivity contribution in [3.05, 3.63) is 30.0 Å². The number of hydrogen-bond donors (Lipinski definition) is 2. The molecule has 8 nitrogen and oxygen atoms in total. The molecule has 0 radical (unpaired) electrons. The number of hydrogen-bond acceptors (Lipinski definition) is 6. The number of para-hydroxylation sites is 2. The van der Waals surface area contributed by atoms with Crippen LogP contribution in [-0.2, 0) is 4.79 Å². The van der Waals surface area contributed by atoms with E-state index in [9.17, 15) is 27.2 Å². The normalized spacial score (nSPS) is 17.9. The van der Waals surface area contributed by atoms with Crippen LogP contribution in [0.25, 0.3) is 11.0 Å². The largest absolute Gasteiger partial charge is 0.479 e. The van der Waals surface area contributed by atoms with E-state index in [1.165, 1.54) is 7.11 Å². The van der Waals surface area contributed by atoms with E-state index >= 15 is 0 Å². The van der Waals surface area contributed by atoms with Gasteiger partial charge in [0.25, 0.3) is 5.91 Å². The first-order chi connectivity index (χ1) is 15.1. The first-order valence-electron chi connectivity index (χ1n) is 9.95. The Morgan fingerprint density at radius 1 is 1.12 bits per heavy atom. The number of fused-ring (bicyclic) bond motifs is 1. The molecule has 1 aliphatic heterocycles. The Hall–Kier alpha value is -3.02. The summed E-state index contributed by atoms with van der Waals surface area (Å²) < 4.78 is 58.2. The molecule has 1 fully saturated rings. The number of aromatic nitrogens is 2. The van der Waals surface area contributed by atoms with E-state index in [0.29, 0.717) is 28.8 Å². The van der Waals surface area contributed by atoms with Crippen LogP contribution in [0.1, 0.15) is 29.8 Å². The minimum Gasteiger partial charge on any atom is -0.479 e. The van der Waals surface area contributed by atoms with Gasteiger partial charge in [0.05, 0.1) is 37.3 Å². The fourth-order valence-corrected chi connectivity index (χ4v) is 3.33. The second kappa shape index (κ2) is 9.23. The maximum absolute atomic E-state index is 13.3. The molecule has 174 valence electrons. The van der Waals surface area contributed by atoms with E-state index in [2.05, 4.69) is 15.3 Å². The molecular weight excluding hydrogens is 434 g/mol. The quantitative estimate of drug-likeness (QED) is 0.463. The molecular formula is C20H23F4N5O3. The zero-order chi connectivity index (χ0) is 23.5. The van der Waals surface area contributed by atoms with Crippen LogP contribution >= 0.6 is 0 Å². The van der Waals surface area contributed by atoms with E-state index in [0.717, 1.165) is 0 Å². The number of amides is 2. The molecule has 3 N–H and O–H groups in total. The van der Waals surface area contributed by atoms with Gasteiger partial charge in [0, 0.05) is 6.54 Å². The molecule has 32 heavy (non-hydrogen) atoms. The van der Waals surface area contributed by atoms with Gasteiger partial charge in [0.15, 0.2) is 5.69 Å². The number of rotatable bonds is 8. The molecule has 3 rings (SSSR count). The van der Waals surface area contributed by atoms with Crippen molar-refractivity contribution in [1.29, 1.82) is 0 Å². The summed E-state index contributed by atoms with van der Waals surface area (Å²) in [5, 5.41) is 2.66. The molecule has 1 aliphatic rings. The highest BCUT2D eigenvalue weighted by atomic mass is 19.3. The number of methoxy groups -OCH3 is 1. The summed E-state index contributed by atoms with van der Waals surface area (Å²) in [6.07, 6.45) is 0.887. The predicted octanol–water partition coefficient (Wildman–Crippen LogP) is 1.98. The standard InChI is InChI=1S/C20H23F4N5O3/c1-32-17-15(27-13-7-2-3-8-14(13)28-17)16(30)26-9-5-4-6-12(25)18(31)29-10-19(21,22)20(23,24)11-29/h2-3,7-8,12H,4-6,9-11,25H2,1H3,(H,26,30)/t12-/m0/s1. The Morgan fingerprint density at radius 2 is 1.72 bits per heavy atom. The molecule has 12 heteroatoms. The molecule has 2 amide bonds. The molecule has 1 saturated heterocycles. The third-order valence-corrected chi connectivity index (χ3v) is 5.12. The van der Waals surface area contributed by atoms with Crippen LogP contribution in [0.4, 0.5) is 17.6 Å². The highest BCUT2D eigenvalue weighted by molar-refractivity contribution is 5.96. The second-order valence-electron chi connectivity index (χ2n) is 7.53. The van der Waals surface area contributed by atoms with Crippen LogP contribution < -0.4 is 15.8 Å². The van der Waals surface area contributed by atoms with E-state index in [1.54, 1.807) is 24.3 Å². The number of nitrogens with two attached hydrogens (primary N) is 1. The van der Waals surface area contributed by atoms with Crippen molar-refractivity contribution >= 4 is 22.8 Å². The number of ether oxygens (including phenoxy) is 1. The van der Waals surface area contributed by atoms with Crippen molar-refractivity contribution in [3.63, 3.8) is 0 Å². The van der Waals surface area contributed by atoms with Gasteiger partial charge in [-0.1, -0.05) is 12.1 Å². The average Bonchev–Trinajstić information content (AvgIpc) is 2.98. The molecule has 2 aromatic rings. The van der Waals surface area contributed by atoms with Crippen molar-refractivity contribution in [2.75, 3.05) is 26.7 Å². The van der Waals surface area contributed by atoms with Crippen molar-refractivity contribution in [2.45, 2.75) is 37.1 Å². The number of carbonyl (C=O) groups excluding carboxylic acids is 2. The van der Waals surface area contributed by atoms with E-state index < -0.39 is 42.8 Å². The maximum Gasteiger partial charge on any atom is 0.329 e. The maximum atomic E-state index is 13.3. The predicted molar refractivity (Wildman–Crippen MR) is 107 cm³/mol. The van der Waals surface area contributed by atoms with E-state index in [4.69, 9.17) is 10.5 Å². The van der Waals surface area contributed by atoms with Crippen molar-refractivity contribution in [1.82, 2.24) is 20.2 Å². The van der Waals surface area contributed by atoms with Gasteiger partial charge in [-0.15, -0.1) is 0 Å². The highest BCUT2D eigenvalue weighted by Gasteiger charge is 2.64. The lowest BCUT2D eigenvalue weighted by molar-refractivity contribution is -0.172. The molecule has 0 bridgehead atoms. The zero-order valence-electron chi connectivity index (χ0n) is 17.3. The Morgan fingerprint density at radius 3 is 2.31 bits per heavy atom. The number of likely N-dealkylation sites (tertiary alicyclic amines) is 1. The average molecular weight is 457 g/mol. The second-order valence-corrected chi connectivity index (χ2v) is 7.53. The summed E-state index contributed by atoms with van der Waals surface area (Å²) in [7, 11) is 1.38. The first-order valence-corrected chi connectivity index (χ1v) is 9.95. The minimum absolute atomic E-state index is 0.0222. The molecule has 0 aliphatic carbocycles. The number of nitrogens with one attached hydrogen (secondary N) is 1. The first kappa shape index (κ1) is 23.6. The van der Waals surface area contributed by atoms with Gasteiger partial charge in [0.1, 0.15) is 0 Å². The smallest absolute Gasteiger partial charge is 0.329 e. The van der Waals surface area contributed by atoms with E-state index in [1.807, 2.05) is 0 Å². The van der Waals surface area contributed by atoms with Crippen LogP contribution in [0, 0.1) is 0 Å². The molecule has 0 unspecified atom stereocenters. The van der Waals surface area contributed by atoms with Crippen LogP contribution in [-0.4, -0.2) is 71.3 Å². The topological polar surface area (TPSA) is 110 Å². The highest BCUT2D eigenvalue weighted by Crippen LogP contribution is 2.41. The van der Waals surface area contributed by atoms with Crippen LogP contribution in [0.3, 0.4) is 0 Å². The molecule has 1 atom stereocenters. The number of halogens is 4. The van der Waals surface area contributed by atoms with E-state index in [-0.39, 0.29) is 24.5 Å². The third kappa shape index (κ3) is 4.90. The van der Waals surface area contributed by atoms with Gasteiger partial charge in [-0.25, -0.2) is 9.97 Å².